The molecule has 4 rings (SSSR count). The van der Waals surface area contributed by atoms with E-state index < -0.39 is 0 Å². The Morgan fingerprint density at radius 2 is 2.19 bits per heavy atom. The van der Waals surface area contributed by atoms with E-state index in [-0.39, 0.29) is 12.5 Å². The maximum atomic E-state index is 12.5. The van der Waals surface area contributed by atoms with Crippen molar-refractivity contribution in [3.05, 3.63) is 46.2 Å². The Balaban J connectivity index is 1.54. The Labute approximate surface area is 125 Å². The van der Waals surface area contributed by atoms with E-state index in [1.165, 1.54) is 10.4 Å². The molecule has 0 N–H and O–H groups in total. The molecule has 1 aliphatic rings. The summed E-state index contributed by atoms with van der Waals surface area (Å²) in [7, 11) is 0. The number of amides is 1. The summed E-state index contributed by atoms with van der Waals surface area (Å²) in [5.41, 5.74) is 3.01. The fourth-order valence-electron chi connectivity index (χ4n) is 2.72. The van der Waals surface area contributed by atoms with Gasteiger partial charge in [-0.25, -0.2) is 4.68 Å². The van der Waals surface area contributed by atoms with Gasteiger partial charge in [-0.3, -0.25) is 4.79 Å². The number of aromatic nitrogens is 3. The van der Waals surface area contributed by atoms with E-state index in [1.807, 2.05) is 29.2 Å². The lowest BCUT2D eigenvalue weighted by Gasteiger charge is -2.27. The summed E-state index contributed by atoms with van der Waals surface area (Å²) in [6, 6.07) is 9.82. The van der Waals surface area contributed by atoms with Crippen LogP contribution >= 0.6 is 11.3 Å². The van der Waals surface area contributed by atoms with E-state index >= 15 is 0 Å². The lowest BCUT2D eigenvalue weighted by atomic mass is 10.1. The first-order valence-electron chi connectivity index (χ1n) is 6.92. The average Bonchev–Trinajstić information content (AvgIpc) is 3.13. The highest BCUT2D eigenvalue weighted by atomic mass is 32.1. The van der Waals surface area contributed by atoms with Crippen molar-refractivity contribution < 1.29 is 4.79 Å². The molecule has 0 unspecified atom stereocenters. The molecule has 5 nitrogen and oxygen atoms in total. The predicted octanol–water partition coefficient (Wildman–Crippen LogP) is 2.08. The Morgan fingerprint density at radius 1 is 1.29 bits per heavy atom. The standard InChI is InChI=1S/C15H14N4OS/c20-15(18-7-5-14-11(9-18)6-8-21-14)10-19-13-4-2-1-3-12(13)16-17-19/h1-4,6,8H,5,7,9-10H2. The molecule has 1 aliphatic heterocycles. The summed E-state index contributed by atoms with van der Waals surface area (Å²) >= 11 is 1.78. The molecule has 0 radical (unpaired) electrons. The van der Waals surface area contributed by atoms with E-state index in [4.69, 9.17) is 0 Å². The molecular weight excluding hydrogens is 284 g/mol. The molecule has 3 heterocycles. The molecule has 1 amide bonds. The molecule has 2 aromatic heterocycles. The summed E-state index contributed by atoms with van der Waals surface area (Å²) in [6.07, 6.45) is 0.955. The quantitative estimate of drug-likeness (QED) is 0.728. The Kier molecular flexibility index (Phi) is 2.96. The first-order valence-corrected chi connectivity index (χ1v) is 7.80. The fourth-order valence-corrected chi connectivity index (χ4v) is 3.61. The van der Waals surface area contributed by atoms with E-state index in [0.717, 1.165) is 24.0 Å². The summed E-state index contributed by atoms with van der Waals surface area (Å²) in [4.78, 5) is 15.8. The molecule has 6 heteroatoms. The molecule has 0 bridgehead atoms. The highest BCUT2D eigenvalue weighted by molar-refractivity contribution is 7.10. The summed E-state index contributed by atoms with van der Waals surface area (Å²) in [5.74, 6) is 0.0995. The summed E-state index contributed by atoms with van der Waals surface area (Å²) < 4.78 is 1.68. The monoisotopic (exact) mass is 298 g/mol. The number of carbonyl (C=O) groups excluding carboxylic acids is 1. The third-order valence-electron chi connectivity index (χ3n) is 3.87. The maximum Gasteiger partial charge on any atom is 0.244 e. The van der Waals surface area contributed by atoms with Crippen molar-refractivity contribution in [1.29, 1.82) is 0 Å². The molecular formula is C15H14N4OS. The smallest absolute Gasteiger partial charge is 0.244 e. The molecule has 0 spiro atoms. The van der Waals surface area contributed by atoms with Crippen LogP contribution in [0.3, 0.4) is 0 Å². The molecule has 0 aliphatic carbocycles. The Bertz CT molecular complexity index is 807. The topological polar surface area (TPSA) is 51.0 Å². The van der Waals surface area contributed by atoms with Crippen molar-refractivity contribution in [2.75, 3.05) is 6.54 Å². The van der Waals surface area contributed by atoms with Crippen molar-refractivity contribution in [3.63, 3.8) is 0 Å². The van der Waals surface area contributed by atoms with Gasteiger partial charge in [-0.2, -0.15) is 0 Å². The van der Waals surface area contributed by atoms with E-state index in [0.29, 0.717) is 6.54 Å². The Morgan fingerprint density at radius 3 is 3.14 bits per heavy atom. The van der Waals surface area contributed by atoms with Crippen LogP contribution < -0.4 is 0 Å². The normalized spacial score (nSPS) is 14.4. The van der Waals surface area contributed by atoms with Gasteiger partial charge in [0.25, 0.3) is 0 Å². The van der Waals surface area contributed by atoms with Crippen LogP contribution in [0.25, 0.3) is 11.0 Å². The first kappa shape index (κ1) is 12.5. The van der Waals surface area contributed by atoms with Gasteiger partial charge < -0.3 is 4.90 Å². The van der Waals surface area contributed by atoms with Gasteiger partial charge in [-0.15, -0.1) is 16.4 Å². The molecule has 106 valence electrons. The zero-order chi connectivity index (χ0) is 14.2. The van der Waals surface area contributed by atoms with Crippen LogP contribution in [-0.4, -0.2) is 32.3 Å². The SMILES string of the molecule is O=C(Cn1nnc2ccccc21)N1CCc2sccc2C1. The van der Waals surface area contributed by atoms with Crippen molar-refractivity contribution in [2.24, 2.45) is 0 Å². The van der Waals surface area contributed by atoms with Crippen LogP contribution in [0.15, 0.2) is 35.7 Å². The van der Waals surface area contributed by atoms with Gasteiger partial charge >= 0.3 is 0 Å². The van der Waals surface area contributed by atoms with Crippen LogP contribution in [0, 0.1) is 0 Å². The lowest BCUT2D eigenvalue weighted by molar-refractivity contribution is -0.132. The van der Waals surface area contributed by atoms with Crippen LogP contribution in [0.4, 0.5) is 0 Å². The molecule has 0 saturated carbocycles. The molecule has 21 heavy (non-hydrogen) atoms. The van der Waals surface area contributed by atoms with Crippen molar-refractivity contribution in [1.82, 2.24) is 19.9 Å². The van der Waals surface area contributed by atoms with Gasteiger partial charge in [-0.05, 0) is 35.6 Å². The first-order chi connectivity index (χ1) is 10.3. The van der Waals surface area contributed by atoms with Gasteiger partial charge in [0.2, 0.25) is 5.91 Å². The number of thiophene rings is 1. The van der Waals surface area contributed by atoms with Gasteiger partial charge in [0.1, 0.15) is 12.1 Å². The van der Waals surface area contributed by atoms with Crippen LogP contribution in [0.5, 0.6) is 0 Å². The van der Waals surface area contributed by atoms with Crippen molar-refractivity contribution >= 4 is 28.3 Å². The molecule has 0 atom stereocenters. The second-order valence-electron chi connectivity index (χ2n) is 5.17. The highest BCUT2D eigenvalue weighted by Crippen LogP contribution is 2.24. The number of nitrogens with zero attached hydrogens (tertiary/aromatic N) is 4. The third kappa shape index (κ3) is 2.21. The van der Waals surface area contributed by atoms with E-state index in [9.17, 15) is 4.79 Å². The van der Waals surface area contributed by atoms with Gasteiger partial charge in [0.05, 0.1) is 5.52 Å². The second-order valence-corrected chi connectivity index (χ2v) is 6.17. The number of hydrogen-bond donors (Lipinski definition) is 0. The molecule has 0 saturated heterocycles. The zero-order valence-electron chi connectivity index (χ0n) is 11.4. The van der Waals surface area contributed by atoms with Crippen LogP contribution in [-0.2, 0) is 24.3 Å². The number of para-hydroxylation sites is 1. The number of rotatable bonds is 2. The molecule has 0 fully saturated rings. The lowest BCUT2D eigenvalue weighted by Crippen LogP contribution is -2.37. The van der Waals surface area contributed by atoms with Crippen molar-refractivity contribution in [2.45, 2.75) is 19.5 Å². The molecule has 3 aromatic rings. The minimum absolute atomic E-state index is 0.0995. The number of benzene rings is 1. The minimum atomic E-state index is 0.0995. The second kappa shape index (κ2) is 4.96. The van der Waals surface area contributed by atoms with E-state index in [1.54, 1.807) is 16.0 Å². The average molecular weight is 298 g/mol. The minimum Gasteiger partial charge on any atom is -0.336 e. The Hall–Kier alpha value is -2.21. The number of hydrogen-bond acceptors (Lipinski definition) is 4. The van der Waals surface area contributed by atoms with Crippen molar-refractivity contribution in [3.8, 4) is 0 Å². The predicted molar refractivity (Wildman–Crippen MR) is 81.0 cm³/mol. The molecule has 1 aromatic carbocycles. The van der Waals surface area contributed by atoms with Crippen LogP contribution in [0.1, 0.15) is 10.4 Å². The summed E-state index contributed by atoms with van der Waals surface area (Å²) in [6.45, 7) is 1.75. The van der Waals surface area contributed by atoms with Gasteiger partial charge in [0.15, 0.2) is 0 Å². The summed E-state index contributed by atoms with van der Waals surface area (Å²) in [5, 5.41) is 10.3. The third-order valence-corrected chi connectivity index (χ3v) is 4.89. The maximum absolute atomic E-state index is 12.5. The largest absolute Gasteiger partial charge is 0.336 e. The van der Waals surface area contributed by atoms with Gasteiger partial charge in [0, 0.05) is 18.0 Å². The van der Waals surface area contributed by atoms with Crippen LogP contribution in [0.2, 0.25) is 0 Å². The van der Waals surface area contributed by atoms with Gasteiger partial charge in [-0.1, -0.05) is 17.3 Å². The highest BCUT2D eigenvalue weighted by Gasteiger charge is 2.22. The number of fused-ring (bicyclic) bond motifs is 2. The zero-order valence-corrected chi connectivity index (χ0v) is 12.2. The fraction of sp³-hybridized carbons (Fsp3) is 0.267. The number of carbonyl (C=O) groups is 1. The van der Waals surface area contributed by atoms with E-state index in [2.05, 4.69) is 21.8 Å².